The second kappa shape index (κ2) is 22.1. The van der Waals surface area contributed by atoms with E-state index in [1.165, 1.54) is 24.8 Å². The van der Waals surface area contributed by atoms with Crippen LogP contribution in [0.5, 0.6) is 28.7 Å². The molecule has 1 saturated carbocycles. The molecule has 1 spiro atoms. The molecule has 4 aliphatic heterocycles. The van der Waals surface area contributed by atoms with Gasteiger partial charge in [0.05, 0.1) is 26.4 Å². The standard InChI is InChI=1S/C61H68N3O8/c1-3-47-35-51-45-14-10-13-41(34-45)18-26-50-56-55(52(68)36-53(72-56)44-19-24-48(66)25-20-44)58(70-32-27-49(67)23-17-40-11-6-4-7-12-40)59(69-2)57(50)71-39-43(38-65)33-42-15-21-46(22-16-42)61(28-8-5-9-29-61)54-37-62-30-31-64(54)60(51)63-47/h4,6-7,10-17,19-25,34-35,43,49,53-54,62,65-67H,3,5,8-9,18,26-33,36-39H2,1-2H3/q-1/p+1. The minimum atomic E-state index is -0.806. The van der Waals surface area contributed by atoms with E-state index in [-0.39, 0.29) is 67.3 Å². The van der Waals surface area contributed by atoms with E-state index in [2.05, 4.69) is 71.7 Å². The van der Waals surface area contributed by atoms with Crippen molar-refractivity contribution >= 4 is 17.7 Å². The molecule has 72 heavy (non-hydrogen) atoms. The lowest BCUT2D eigenvalue weighted by Gasteiger charge is -2.56. The van der Waals surface area contributed by atoms with Crippen LogP contribution in [0.4, 0.5) is 5.82 Å². The Kier molecular flexibility index (Phi) is 15.0. The molecular weight excluding hydrogens is 903 g/mol. The maximum atomic E-state index is 12.2. The predicted octanol–water partition coefficient (Wildman–Crippen LogP) is 9.86. The van der Waals surface area contributed by atoms with Gasteiger partial charge < -0.3 is 49.5 Å². The summed E-state index contributed by atoms with van der Waals surface area (Å²) < 4.78 is 26.9. The number of aromatic hydroxyl groups is 1. The summed E-state index contributed by atoms with van der Waals surface area (Å²) in [5.41, 5.74) is 9.71. The third kappa shape index (κ3) is 10.2. The number of aromatic nitrogens is 1. The van der Waals surface area contributed by atoms with Gasteiger partial charge in [0.25, 0.3) is 0 Å². The largest absolute Gasteiger partial charge is 0.508 e. The van der Waals surface area contributed by atoms with E-state index >= 15 is 0 Å². The topological polar surface area (TPSA) is 148 Å². The van der Waals surface area contributed by atoms with Crippen molar-refractivity contribution in [1.82, 2.24) is 10.3 Å². The number of rotatable bonds is 10. The van der Waals surface area contributed by atoms with Crippen LogP contribution in [0, 0.1) is 5.92 Å². The summed E-state index contributed by atoms with van der Waals surface area (Å²) in [4.78, 5) is 20.3. The monoisotopic (exact) mass is 972 g/mol. The SMILES string of the molecule is CCc1cc2c([n-]1)N1CCNCC1C1(CCCCC1)c1ccc(cc1)CC(CO)COc1c(c3c(c(OCCC(O)C=Cc4ccccc4)c1OC)C(=[OH+])CC(c1ccc(O)cc1)O3)CCc1cccc-2c1. The first-order chi connectivity index (χ1) is 35.2. The molecule has 1 saturated heterocycles. The highest BCUT2D eigenvalue weighted by Gasteiger charge is 2.44. The van der Waals surface area contributed by atoms with Crippen LogP contribution in [0.15, 0.2) is 115 Å². The number of benzene rings is 5. The Labute approximate surface area is 423 Å². The fourth-order valence-electron chi connectivity index (χ4n) is 11.7. The minimum Gasteiger partial charge on any atom is -0.508 e. The predicted molar refractivity (Wildman–Crippen MR) is 284 cm³/mol. The minimum absolute atomic E-state index is 0.0552. The zero-order valence-electron chi connectivity index (χ0n) is 41.7. The second-order valence-corrected chi connectivity index (χ2v) is 20.1. The van der Waals surface area contributed by atoms with Crippen LogP contribution in [0.2, 0.25) is 0 Å². The molecule has 1 aromatic heterocycles. The Bertz CT molecular complexity index is 2830. The summed E-state index contributed by atoms with van der Waals surface area (Å²) in [7, 11) is 1.57. The average molecular weight is 972 g/mol. The molecule has 5 aromatic carbocycles. The van der Waals surface area contributed by atoms with Gasteiger partial charge in [-0.15, -0.1) is 0 Å². The molecule has 4 unspecified atom stereocenters. The molecule has 0 amide bonds. The first-order valence-corrected chi connectivity index (χ1v) is 26.1. The molecule has 11 heteroatoms. The van der Waals surface area contributed by atoms with Crippen molar-refractivity contribution in [3.8, 4) is 39.9 Å². The van der Waals surface area contributed by atoms with Crippen LogP contribution >= 0.6 is 0 Å². The van der Waals surface area contributed by atoms with Gasteiger partial charge in [-0.1, -0.05) is 147 Å². The number of carbonyl (C=O) groups excluding carboxylic acids is 1. The summed E-state index contributed by atoms with van der Waals surface area (Å²) in [5.74, 6) is 2.36. The first kappa shape index (κ1) is 49.1. The Morgan fingerprint density at radius 2 is 1.71 bits per heavy atom. The summed E-state index contributed by atoms with van der Waals surface area (Å²) in [6, 6.07) is 37.1. The summed E-state index contributed by atoms with van der Waals surface area (Å²) in [5, 5.41) is 36.1. The Morgan fingerprint density at radius 3 is 2.47 bits per heavy atom. The molecule has 2 fully saturated rings. The number of piperazine rings is 1. The first-order valence-electron chi connectivity index (χ1n) is 26.1. The van der Waals surface area contributed by atoms with Gasteiger partial charge >= 0.3 is 5.78 Å². The number of aliphatic hydroxyl groups is 2. The van der Waals surface area contributed by atoms with Gasteiger partial charge in [-0.05, 0) is 121 Å². The van der Waals surface area contributed by atoms with Crippen molar-refractivity contribution in [3.05, 3.63) is 160 Å². The number of hydrogen-bond donors (Lipinski definition) is 4. The normalized spacial score (nSPS) is 20.4. The van der Waals surface area contributed by atoms with Crippen LogP contribution in [0.3, 0.4) is 0 Å². The van der Waals surface area contributed by atoms with Crippen molar-refractivity contribution in [1.29, 1.82) is 0 Å². The number of anilines is 1. The molecule has 5 aliphatic rings. The highest BCUT2D eigenvalue weighted by atomic mass is 16.5. The molecule has 6 aromatic rings. The van der Waals surface area contributed by atoms with Crippen molar-refractivity contribution in [2.45, 2.75) is 101 Å². The van der Waals surface area contributed by atoms with Crippen molar-refractivity contribution in [3.63, 3.8) is 0 Å². The molecule has 4 atom stereocenters. The quantitative estimate of drug-likeness (QED) is 0.0979. The fourth-order valence-corrected chi connectivity index (χ4v) is 11.7. The Balaban J connectivity index is 1.09. The molecular formula is C61H69N3O8. The number of nitrogens with zero attached hydrogens (tertiary/aromatic N) is 2. The molecule has 0 radical (unpaired) electrons. The summed E-state index contributed by atoms with van der Waals surface area (Å²) in [6.07, 6.45) is 10.9. The van der Waals surface area contributed by atoms with Crippen molar-refractivity contribution in [2.75, 3.05) is 51.5 Å². The molecule has 11 rings (SSSR count). The zero-order valence-corrected chi connectivity index (χ0v) is 41.7. The van der Waals surface area contributed by atoms with E-state index in [0.29, 0.717) is 47.6 Å². The molecule has 5 N–H and O–H groups in total. The smallest absolute Gasteiger partial charge is 0.335 e. The van der Waals surface area contributed by atoms with Gasteiger partial charge in [-0.3, -0.25) is 4.79 Å². The molecule has 376 valence electrons. The van der Waals surface area contributed by atoms with E-state index in [1.807, 2.05) is 36.4 Å². The van der Waals surface area contributed by atoms with E-state index in [4.69, 9.17) is 23.9 Å². The Morgan fingerprint density at radius 1 is 0.903 bits per heavy atom. The number of nitrogens with one attached hydrogen (secondary N) is 1. The van der Waals surface area contributed by atoms with Gasteiger partial charge in [0.15, 0.2) is 17.1 Å². The van der Waals surface area contributed by atoms with Gasteiger partial charge in [0.1, 0.15) is 24.0 Å². The molecule has 11 nitrogen and oxygen atoms in total. The highest BCUT2D eigenvalue weighted by Crippen LogP contribution is 2.54. The van der Waals surface area contributed by atoms with Gasteiger partial charge in [0.2, 0.25) is 5.75 Å². The number of aryl methyl sites for hydroxylation is 2. The lowest BCUT2D eigenvalue weighted by molar-refractivity contribution is 0.153. The number of ether oxygens (including phenoxy) is 4. The number of methoxy groups -OCH3 is 1. The number of ketones is 1. The number of phenolic OH excluding ortho intramolecular Hbond substituents is 1. The maximum Gasteiger partial charge on any atom is 0.335 e. The third-order valence-corrected chi connectivity index (χ3v) is 15.5. The highest BCUT2D eigenvalue weighted by molar-refractivity contribution is 6.05. The van der Waals surface area contributed by atoms with Gasteiger partial charge in [-0.2, -0.15) is 0 Å². The Hall–Kier alpha value is -6.53. The number of phenols is 1. The van der Waals surface area contributed by atoms with Gasteiger partial charge in [0, 0.05) is 24.5 Å². The van der Waals surface area contributed by atoms with Crippen LogP contribution in [0.1, 0.15) is 103 Å². The number of fused-ring (bicyclic) bond motifs is 7. The summed E-state index contributed by atoms with van der Waals surface area (Å²) >= 11 is 0. The summed E-state index contributed by atoms with van der Waals surface area (Å²) in [6.45, 7) is 4.97. The maximum absolute atomic E-state index is 12.2. The van der Waals surface area contributed by atoms with E-state index in [0.717, 1.165) is 83.8 Å². The third-order valence-electron chi connectivity index (χ3n) is 15.5. The molecule has 5 heterocycles. The zero-order chi connectivity index (χ0) is 49.6. The average Bonchev–Trinajstić information content (AvgIpc) is 3.86. The van der Waals surface area contributed by atoms with Crippen molar-refractivity contribution < 1.29 is 39.1 Å². The lowest BCUT2D eigenvalue weighted by Crippen LogP contribution is -2.61. The number of aliphatic hydroxyl groups excluding tert-OH is 2. The van der Waals surface area contributed by atoms with Crippen LogP contribution in [-0.4, -0.2) is 84.6 Å². The van der Waals surface area contributed by atoms with E-state index < -0.39 is 12.2 Å². The molecule has 1 aliphatic carbocycles. The molecule has 4 bridgehead atoms. The van der Waals surface area contributed by atoms with Crippen LogP contribution in [-0.2, 0) is 31.1 Å². The van der Waals surface area contributed by atoms with Gasteiger partial charge in [-0.25, -0.2) is 0 Å². The number of hydrogen-bond acceptors (Lipinski definition) is 9. The van der Waals surface area contributed by atoms with Crippen LogP contribution < -0.4 is 34.1 Å². The van der Waals surface area contributed by atoms with E-state index in [9.17, 15) is 20.1 Å². The fraction of sp³-hybridized carbons (Fsp3) is 0.393. The second-order valence-electron chi connectivity index (χ2n) is 20.1. The lowest BCUT2D eigenvalue weighted by atomic mass is 9.64. The van der Waals surface area contributed by atoms with E-state index in [1.54, 1.807) is 37.5 Å². The van der Waals surface area contributed by atoms with Crippen LogP contribution in [0.25, 0.3) is 17.2 Å². The van der Waals surface area contributed by atoms with Crippen molar-refractivity contribution in [2.24, 2.45) is 5.92 Å².